The first-order valence-electron chi connectivity index (χ1n) is 5.18. The van der Waals surface area contributed by atoms with E-state index in [-0.39, 0.29) is 22.6 Å². The molecule has 94 valence electrons. The van der Waals surface area contributed by atoms with Crippen molar-refractivity contribution in [2.75, 3.05) is 11.9 Å². The minimum atomic E-state index is -0.278. The maximum atomic E-state index is 11.9. The highest BCUT2D eigenvalue weighted by Crippen LogP contribution is 2.22. The van der Waals surface area contributed by atoms with Crippen LogP contribution >= 0.6 is 27.5 Å². The number of carbonyl (C=O) groups is 1. The van der Waals surface area contributed by atoms with Crippen LogP contribution < -0.4 is 5.32 Å². The number of phenolic OH excluding ortho intramolecular Hbond substituents is 1. The van der Waals surface area contributed by atoms with E-state index in [0.717, 1.165) is 5.33 Å². The average molecular weight is 321 g/mol. The summed E-state index contributed by atoms with van der Waals surface area (Å²) < 4.78 is 0. The molecule has 0 spiro atoms. The van der Waals surface area contributed by atoms with Crippen LogP contribution in [0.1, 0.15) is 24.2 Å². The highest BCUT2D eigenvalue weighted by molar-refractivity contribution is 9.09. The predicted molar refractivity (Wildman–Crippen MR) is 73.0 cm³/mol. The fourth-order valence-corrected chi connectivity index (χ4v) is 1.55. The van der Waals surface area contributed by atoms with Gasteiger partial charge in [-0.3, -0.25) is 4.79 Å². The van der Waals surface area contributed by atoms with E-state index < -0.39 is 0 Å². The molecule has 0 unspecified atom stereocenters. The fourth-order valence-electron chi connectivity index (χ4n) is 1.15. The average Bonchev–Trinajstić information content (AvgIpc) is 2.29. The highest BCUT2D eigenvalue weighted by atomic mass is 79.9. The Labute approximate surface area is 114 Å². The molecule has 0 aliphatic rings. The van der Waals surface area contributed by atoms with E-state index in [0.29, 0.717) is 11.6 Å². The fraction of sp³-hybridized carbons (Fsp3) is 0.417. The zero-order valence-corrected chi connectivity index (χ0v) is 12.1. The van der Waals surface area contributed by atoms with Crippen LogP contribution in [-0.4, -0.2) is 22.9 Å². The van der Waals surface area contributed by atoms with Crippen LogP contribution in [0.4, 0.5) is 0 Å². The third-order valence-corrected chi connectivity index (χ3v) is 4.13. The van der Waals surface area contributed by atoms with Crippen LogP contribution in [0.2, 0.25) is 5.02 Å². The Kier molecular flexibility index (Phi) is 4.83. The molecule has 0 saturated heterocycles. The van der Waals surface area contributed by atoms with Crippen LogP contribution in [-0.2, 0) is 0 Å². The molecule has 0 aliphatic carbocycles. The van der Waals surface area contributed by atoms with Crippen LogP contribution in [0, 0.1) is 5.41 Å². The molecule has 0 aromatic heterocycles. The summed E-state index contributed by atoms with van der Waals surface area (Å²) in [7, 11) is 0. The van der Waals surface area contributed by atoms with Crippen molar-refractivity contribution in [3.63, 3.8) is 0 Å². The number of halogens is 2. The monoisotopic (exact) mass is 319 g/mol. The van der Waals surface area contributed by atoms with Gasteiger partial charge in [0.15, 0.2) is 0 Å². The Hall–Kier alpha value is -0.740. The van der Waals surface area contributed by atoms with Crippen molar-refractivity contribution in [1.29, 1.82) is 0 Å². The molecule has 1 amide bonds. The Morgan fingerprint density at radius 2 is 2.18 bits per heavy atom. The predicted octanol–water partition coefficient (Wildman–Crippen LogP) is 3.20. The van der Waals surface area contributed by atoms with Gasteiger partial charge in [-0.15, -0.1) is 0 Å². The van der Waals surface area contributed by atoms with E-state index >= 15 is 0 Å². The van der Waals surface area contributed by atoms with E-state index in [1.165, 1.54) is 18.2 Å². The van der Waals surface area contributed by atoms with Gasteiger partial charge in [-0.2, -0.15) is 0 Å². The summed E-state index contributed by atoms with van der Waals surface area (Å²) in [6.07, 6.45) is 0. The summed E-state index contributed by atoms with van der Waals surface area (Å²) in [6.45, 7) is 4.60. The Morgan fingerprint density at radius 3 is 2.76 bits per heavy atom. The molecule has 0 saturated carbocycles. The largest absolute Gasteiger partial charge is 0.508 e. The third kappa shape index (κ3) is 4.21. The van der Waals surface area contributed by atoms with Gasteiger partial charge in [-0.05, 0) is 23.6 Å². The quantitative estimate of drug-likeness (QED) is 0.837. The van der Waals surface area contributed by atoms with Crippen molar-refractivity contribution < 1.29 is 9.90 Å². The molecule has 0 radical (unpaired) electrons. The second kappa shape index (κ2) is 5.74. The molecule has 2 N–H and O–H groups in total. The lowest BCUT2D eigenvalue weighted by Gasteiger charge is -2.22. The van der Waals surface area contributed by atoms with Gasteiger partial charge in [0, 0.05) is 11.9 Å². The number of hydrogen-bond donors (Lipinski definition) is 2. The topological polar surface area (TPSA) is 49.3 Å². The SMILES string of the molecule is CC(C)(CBr)CNC(=O)c1cc(O)ccc1Cl. The molecule has 0 heterocycles. The first-order valence-corrected chi connectivity index (χ1v) is 6.68. The second-order valence-electron chi connectivity index (χ2n) is 4.64. The smallest absolute Gasteiger partial charge is 0.252 e. The van der Waals surface area contributed by atoms with E-state index in [4.69, 9.17) is 11.6 Å². The minimum absolute atomic E-state index is 0.0271. The number of rotatable bonds is 4. The molecule has 1 aromatic rings. The number of carbonyl (C=O) groups excluding carboxylic acids is 1. The van der Waals surface area contributed by atoms with Crippen molar-refractivity contribution >= 4 is 33.4 Å². The normalized spacial score (nSPS) is 11.3. The summed E-state index contributed by atoms with van der Waals surface area (Å²) in [6, 6.07) is 4.31. The molecule has 0 atom stereocenters. The van der Waals surface area contributed by atoms with Gasteiger partial charge in [0.05, 0.1) is 10.6 Å². The van der Waals surface area contributed by atoms with E-state index in [1.807, 2.05) is 13.8 Å². The van der Waals surface area contributed by atoms with Crippen molar-refractivity contribution in [1.82, 2.24) is 5.32 Å². The van der Waals surface area contributed by atoms with Gasteiger partial charge < -0.3 is 10.4 Å². The van der Waals surface area contributed by atoms with Gasteiger partial charge in [0.2, 0.25) is 0 Å². The molecule has 17 heavy (non-hydrogen) atoms. The number of amides is 1. The van der Waals surface area contributed by atoms with Gasteiger partial charge in [0.1, 0.15) is 5.75 Å². The number of benzene rings is 1. The molecule has 5 heteroatoms. The van der Waals surface area contributed by atoms with Crippen LogP contribution in [0.15, 0.2) is 18.2 Å². The van der Waals surface area contributed by atoms with Gasteiger partial charge in [0.25, 0.3) is 5.91 Å². The molecule has 3 nitrogen and oxygen atoms in total. The first kappa shape index (κ1) is 14.3. The van der Waals surface area contributed by atoms with E-state index in [2.05, 4.69) is 21.2 Å². The zero-order chi connectivity index (χ0) is 13.1. The molecular weight excluding hydrogens is 305 g/mol. The van der Waals surface area contributed by atoms with Gasteiger partial charge in [-0.25, -0.2) is 0 Å². The minimum Gasteiger partial charge on any atom is -0.508 e. The maximum absolute atomic E-state index is 11.9. The molecule has 1 rings (SSSR count). The Balaban J connectivity index is 2.74. The number of aromatic hydroxyl groups is 1. The molecule has 0 fully saturated rings. The molecule has 0 bridgehead atoms. The van der Waals surface area contributed by atoms with Crippen LogP contribution in [0.25, 0.3) is 0 Å². The third-order valence-electron chi connectivity index (χ3n) is 2.28. The van der Waals surface area contributed by atoms with Crippen molar-refractivity contribution in [2.45, 2.75) is 13.8 Å². The summed E-state index contributed by atoms with van der Waals surface area (Å²) in [5, 5.41) is 13.2. The molecule has 1 aromatic carbocycles. The van der Waals surface area contributed by atoms with Crippen LogP contribution in [0.5, 0.6) is 5.75 Å². The maximum Gasteiger partial charge on any atom is 0.252 e. The summed E-state index contributed by atoms with van der Waals surface area (Å²) in [4.78, 5) is 11.9. The van der Waals surface area contributed by atoms with Crippen molar-refractivity contribution in [3.05, 3.63) is 28.8 Å². The Bertz CT molecular complexity index is 421. The number of nitrogens with one attached hydrogen (secondary N) is 1. The highest BCUT2D eigenvalue weighted by Gasteiger charge is 2.18. The number of alkyl halides is 1. The zero-order valence-electron chi connectivity index (χ0n) is 9.76. The van der Waals surface area contributed by atoms with E-state index in [9.17, 15) is 9.90 Å². The molecular formula is C12H15BrClNO2. The van der Waals surface area contributed by atoms with Crippen molar-refractivity contribution in [2.24, 2.45) is 5.41 Å². The second-order valence-corrected chi connectivity index (χ2v) is 5.61. The summed E-state index contributed by atoms with van der Waals surface area (Å²) in [5.74, 6) is -0.251. The van der Waals surface area contributed by atoms with Crippen molar-refractivity contribution in [3.8, 4) is 5.75 Å². The summed E-state index contributed by atoms with van der Waals surface area (Å²) in [5.41, 5.74) is 0.260. The lowest BCUT2D eigenvalue weighted by molar-refractivity contribution is 0.0940. The molecule has 0 aliphatic heterocycles. The standard InChI is InChI=1S/C12H15BrClNO2/c1-12(2,6-13)7-15-11(17)9-5-8(16)3-4-10(9)14/h3-5,16H,6-7H2,1-2H3,(H,15,17). The lowest BCUT2D eigenvalue weighted by atomic mass is 9.97. The first-order chi connectivity index (χ1) is 7.85. The van der Waals surface area contributed by atoms with Gasteiger partial charge >= 0.3 is 0 Å². The number of phenols is 1. The van der Waals surface area contributed by atoms with E-state index in [1.54, 1.807) is 0 Å². The number of hydrogen-bond acceptors (Lipinski definition) is 2. The lowest BCUT2D eigenvalue weighted by Crippen LogP contribution is -2.35. The summed E-state index contributed by atoms with van der Waals surface area (Å²) >= 11 is 9.28. The van der Waals surface area contributed by atoms with Crippen LogP contribution in [0.3, 0.4) is 0 Å². The Morgan fingerprint density at radius 1 is 1.53 bits per heavy atom. The van der Waals surface area contributed by atoms with Gasteiger partial charge in [-0.1, -0.05) is 41.4 Å².